The second kappa shape index (κ2) is 9.04. The topological polar surface area (TPSA) is 55.8 Å². The van der Waals surface area contributed by atoms with Crippen LogP contribution < -0.4 is 15.5 Å². The lowest BCUT2D eigenvalue weighted by Crippen LogP contribution is -2.47. The Morgan fingerprint density at radius 2 is 1.92 bits per heavy atom. The molecule has 1 saturated heterocycles. The molecule has 0 atom stereocenters. The molecule has 2 heterocycles. The molecule has 0 aromatic carbocycles. The van der Waals surface area contributed by atoms with Gasteiger partial charge in [0.2, 0.25) is 0 Å². The van der Waals surface area contributed by atoms with E-state index in [1.807, 2.05) is 6.20 Å². The molecule has 1 fully saturated rings. The van der Waals surface area contributed by atoms with Crippen molar-refractivity contribution in [3.8, 4) is 0 Å². The molecule has 1 aliphatic rings. The zero-order valence-electron chi connectivity index (χ0n) is 16.5. The molecule has 0 saturated carbocycles. The number of nitrogens with zero attached hydrogens (tertiary/aromatic N) is 4. The number of anilines is 1. The van der Waals surface area contributed by atoms with Gasteiger partial charge in [-0.15, -0.1) is 0 Å². The Hall–Kier alpha value is -1.82. The fourth-order valence-corrected chi connectivity index (χ4v) is 2.86. The lowest BCUT2D eigenvalue weighted by Gasteiger charge is -2.34. The van der Waals surface area contributed by atoms with Crippen LogP contribution in [0.15, 0.2) is 23.3 Å². The van der Waals surface area contributed by atoms with Gasteiger partial charge < -0.3 is 20.4 Å². The van der Waals surface area contributed by atoms with Gasteiger partial charge in [0.1, 0.15) is 5.82 Å². The van der Waals surface area contributed by atoms with E-state index in [4.69, 9.17) is 4.99 Å². The molecule has 1 aliphatic heterocycles. The van der Waals surface area contributed by atoms with E-state index in [2.05, 4.69) is 72.2 Å². The molecule has 0 bridgehead atoms. The number of guanidine groups is 1. The van der Waals surface area contributed by atoms with E-state index >= 15 is 0 Å². The van der Waals surface area contributed by atoms with Gasteiger partial charge in [-0.1, -0.05) is 6.92 Å². The number of aromatic nitrogens is 1. The summed E-state index contributed by atoms with van der Waals surface area (Å²) >= 11 is 0. The summed E-state index contributed by atoms with van der Waals surface area (Å²) in [7, 11) is 0. The van der Waals surface area contributed by atoms with Gasteiger partial charge in [-0.25, -0.2) is 9.98 Å². The Morgan fingerprint density at radius 3 is 2.52 bits per heavy atom. The van der Waals surface area contributed by atoms with Crippen LogP contribution >= 0.6 is 0 Å². The zero-order valence-corrected chi connectivity index (χ0v) is 16.5. The molecule has 0 amide bonds. The maximum atomic E-state index is 4.72. The molecule has 6 heteroatoms. The van der Waals surface area contributed by atoms with E-state index in [1.165, 1.54) is 5.56 Å². The Bertz CT molecular complexity index is 555. The lowest BCUT2D eigenvalue weighted by atomic mass is 10.1. The number of aliphatic imine (C=N–C) groups is 1. The van der Waals surface area contributed by atoms with E-state index < -0.39 is 0 Å². The van der Waals surface area contributed by atoms with Gasteiger partial charge in [-0.05, 0) is 51.9 Å². The molecule has 0 radical (unpaired) electrons. The van der Waals surface area contributed by atoms with Crippen molar-refractivity contribution in [2.75, 3.05) is 44.2 Å². The van der Waals surface area contributed by atoms with E-state index in [0.717, 1.165) is 51.0 Å². The minimum Gasteiger partial charge on any atom is -0.357 e. The van der Waals surface area contributed by atoms with E-state index in [-0.39, 0.29) is 5.54 Å². The number of likely N-dealkylation sites (N-methyl/N-ethyl adjacent to an activating group) is 1. The van der Waals surface area contributed by atoms with Crippen molar-refractivity contribution in [3.63, 3.8) is 0 Å². The largest absolute Gasteiger partial charge is 0.357 e. The lowest BCUT2D eigenvalue weighted by molar-refractivity contribution is 0.270. The quantitative estimate of drug-likeness (QED) is 0.631. The van der Waals surface area contributed by atoms with E-state index in [9.17, 15) is 0 Å². The summed E-state index contributed by atoms with van der Waals surface area (Å²) < 4.78 is 0. The predicted octanol–water partition coefficient (Wildman–Crippen LogP) is 2.08. The number of hydrogen-bond donors (Lipinski definition) is 2. The second-order valence-corrected chi connectivity index (χ2v) is 7.51. The van der Waals surface area contributed by atoms with Crippen molar-refractivity contribution < 1.29 is 0 Å². The molecule has 0 aliphatic carbocycles. The van der Waals surface area contributed by atoms with Crippen LogP contribution in [0.25, 0.3) is 0 Å². The molecule has 2 N–H and O–H groups in total. The first-order chi connectivity index (χ1) is 11.9. The highest BCUT2D eigenvalue weighted by Gasteiger charge is 2.17. The number of pyridine rings is 1. The van der Waals surface area contributed by atoms with Crippen molar-refractivity contribution in [1.29, 1.82) is 0 Å². The summed E-state index contributed by atoms with van der Waals surface area (Å²) in [5.41, 5.74) is 1.18. The summed E-state index contributed by atoms with van der Waals surface area (Å²) in [6.07, 6.45) is 1.90. The van der Waals surface area contributed by atoms with Gasteiger partial charge in [0.05, 0.1) is 6.54 Å². The van der Waals surface area contributed by atoms with Crippen LogP contribution in [0.2, 0.25) is 0 Å². The molecule has 0 unspecified atom stereocenters. The Morgan fingerprint density at radius 1 is 1.20 bits per heavy atom. The maximum absolute atomic E-state index is 4.72. The SMILES string of the molecule is CCNC(=NCc1ccnc(N2CCN(CC)CC2)c1)NC(C)(C)C. The van der Waals surface area contributed by atoms with Crippen molar-refractivity contribution in [2.45, 2.75) is 46.7 Å². The summed E-state index contributed by atoms with van der Waals surface area (Å²) in [6, 6.07) is 4.22. The van der Waals surface area contributed by atoms with Gasteiger partial charge in [-0.3, -0.25) is 0 Å². The van der Waals surface area contributed by atoms with E-state index in [0.29, 0.717) is 6.54 Å². The van der Waals surface area contributed by atoms with Crippen LogP contribution in [0.4, 0.5) is 5.82 Å². The molecule has 6 nitrogen and oxygen atoms in total. The molecular formula is C19H34N6. The van der Waals surface area contributed by atoms with Gasteiger partial charge in [0.15, 0.2) is 5.96 Å². The third-order valence-electron chi connectivity index (χ3n) is 4.21. The second-order valence-electron chi connectivity index (χ2n) is 7.51. The highest BCUT2D eigenvalue weighted by molar-refractivity contribution is 5.80. The van der Waals surface area contributed by atoms with Gasteiger partial charge in [0, 0.05) is 44.5 Å². The maximum Gasteiger partial charge on any atom is 0.191 e. The number of hydrogen-bond acceptors (Lipinski definition) is 4. The number of nitrogens with one attached hydrogen (secondary N) is 2. The Labute approximate surface area is 152 Å². The fraction of sp³-hybridized carbons (Fsp3) is 0.684. The molecule has 0 spiro atoms. The first-order valence-electron chi connectivity index (χ1n) is 9.40. The smallest absolute Gasteiger partial charge is 0.191 e. The predicted molar refractivity (Wildman–Crippen MR) is 106 cm³/mol. The summed E-state index contributed by atoms with van der Waals surface area (Å²) in [5, 5.41) is 6.73. The summed E-state index contributed by atoms with van der Waals surface area (Å²) in [6.45, 7) is 17.7. The van der Waals surface area contributed by atoms with Crippen LogP contribution in [0, 0.1) is 0 Å². The third kappa shape index (κ3) is 6.53. The fourth-order valence-electron chi connectivity index (χ4n) is 2.86. The standard InChI is InChI=1S/C19H34N6/c1-6-20-18(23-19(3,4)5)22-15-16-8-9-21-17(14-16)25-12-10-24(7-2)11-13-25/h8-9,14H,6-7,10-13,15H2,1-5H3,(H2,20,22,23). The van der Waals surface area contributed by atoms with Crippen LogP contribution in [0.1, 0.15) is 40.2 Å². The van der Waals surface area contributed by atoms with Gasteiger partial charge >= 0.3 is 0 Å². The minimum absolute atomic E-state index is 0.0106. The molecule has 1 aromatic rings. The minimum atomic E-state index is -0.0106. The molecule has 25 heavy (non-hydrogen) atoms. The van der Waals surface area contributed by atoms with Crippen LogP contribution in [-0.2, 0) is 6.54 Å². The van der Waals surface area contributed by atoms with Crippen molar-refractivity contribution in [2.24, 2.45) is 4.99 Å². The van der Waals surface area contributed by atoms with Crippen LogP contribution in [0.3, 0.4) is 0 Å². The Kier molecular flexibility index (Phi) is 7.05. The van der Waals surface area contributed by atoms with Crippen LogP contribution in [-0.4, -0.2) is 60.7 Å². The highest BCUT2D eigenvalue weighted by Crippen LogP contribution is 2.15. The average Bonchev–Trinajstić information content (AvgIpc) is 2.59. The van der Waals surface area contributed by atoms with Gasteiger partial charge in [-0.2, -0.15) is 0 Å². The van der Waals surface area contributed by atoms with Crippen molar-refractivity contribution in [3.05, 3.63) is 23.9 Å². The number of rotatable bonds is 5. The highest BCUT2D eigenvalue weighted by atomic mass is 15.3. The first kappa shape index (κ1) is 19.5. The van der Waals surface area contributed by atoms with E-state index in [1.54, 1.807) is 0 Å². The molecule has 140 valence electrons. The molecule has 1 aromatic heterocycles. The van der Waals surface area contributed by atoms with Crippen molar-refractivity contribution in [1.82, 2.24) is 20.5 Å². The monoisotopic (exact) mass is 346 g/mol. The number of piperazine rings is 1. The first-order valence-corrected chi connectivity index (χ1v) is 9.40. The Balaban J connectivity index is 2.01. The summed E-state index contributed by atoms with van der Waals surface area (Å²) in [4.78, 5) is 14.1. The van der Waals surface area contributed by atoms with Gasteiger partial charge in [0.25, 0.3) is 0 Å². The normalized spacial score (nSPS) is 16.8. The molecular weight excluding hydrogens is 312 g/mol. The molecule has 2 rings (SSSR count). The van der Waals surface area contributed by atoms with Crippen molar-refractivity contribution >= 4 is 11.8 Å². The van der Waals surface area contributed by atoms with Crippen LogP contribution in [0.5, 0.6) is 0 Å². The third-order valence-corrected chi connectivity index (χ3v) is 4.21. The average molecular weight is 347 g/mol. The zero-order chi connectivity index (χ0) is 18.3. The summed E-state index contributed by atoms with van der Waals surface area (Å²) in [5.74, 6) is 1.92.